The minimum absolute atomic E-state index is 0.618. The molecule has 90 valence electrons. The van der Waals surface area contributed by atoms with Crippen LogP contribution in [0.2, 0.25) is 0 Å². The Balaban J connectivity index is 2.24. The van der Waals surface area contributed by atoms with Crippen LogP contribution in [0.4, 0.5) is 0 Å². The highest BCUT2D eigenvalue weighted by Gasteiger charge is 2.08. The zero-order valence-electron chi connectivity index (χ0n) is 10.1. The summed E-state index contributed by atoms with van der Waals surface area (Å²) in [6.45, 7) is 2.74. The van der Waals surface area contributed by atoms with E-state index in [0.717, 1.165) is 23.4 Å². The highest BCUT2D eigenvalue weighted by Crippen LogP contribution is 2.29. The lowest BCUT2D eigenvalue weighted by atomic mass is 10.1. The van der Waals surface area contributed by atoms with Crippen LogP contribution in [0.1, 0.15) is 13.3 Å². The Morgan fingerprint density at radius 3 is 2.88 bits per heavy atom. The Labute approximate surface area is 101 Å². The summed E-state index contributed by atoms with van der Waals surface area (Å²) in [5.41, 5.74) is 1.88. The van der Waals surface area contributed by atoms with Gasteiger partial charge in [-0.3, -0.25) is 5.10 Å². The van der Waals surface area contributed by atoms with Gasteiger partial charge in [0.05, 0.1) is 19.4 Å². The molecular formula is C13H16N2O2. The Bertz CT molecular complexity index is 480. The Kier molecular flexibility index (Phi) is 3.65. The van der Waals surface area contributed by atoms with Gasteiger partial charge < -0.3 is 9.47 Å². The second-order valence-electron chi connectivity index (χ2n) is 3.67. The summed E-state index contributed by atoms with van der Waals surface area (Å²) in [5.74, 6) is 1.44. The molecule has 0 spiro atoms. The predicted octanol–water partition coefficient (Wildman–Crippen LogP) is 2.87. The van der Waals surface area contributed by atoms with Crippen molar-refractivity contribution in [3.8, 4) is 22.9 Å². The van der Waals surface area contributed by atoms with E-state index in [0.29, 0.717) is 12.5 Å². The van der Waals surface area contributed by atoms with Gasteiger partial charge in [0, 0.05) is 11.6 Å². The van der Waals surface area contributed by atoms with Gasteiger partial charge in [0.25, 0.3) is 0 Å². The van der Waals surface area contributed by atoms with Crippen LogP contribution in [-0.2, 0) is 0 Å². The molecule has 1 aromatic heterocycles. The number of aromatic amines is 1. The van der Waals surface area contributed by atoms with Crippen molar-refractivity contribution in [2.45, 2.75) is 13.3 Å². The van der Waals surface area contributed by atoms with Gasteiger partial charge in [0.15, 0.2) is 0 Å². The molecule has 1 aromatic carbocycles. The van der Waals surface area contributed by atoms with Crippen LogP contribution in [0.15, 0.2) is 30.3 Å². The number of aromatic nitrogens is 2. The van der Waals surface area contributed by atoms with Crippen molar-refractivity contribution in [1.82, 2.24) is 10.2 Å². The molecule has 0 bridgehead atoms. The average molecular weight is 232 g/mol. The summed E-state index contributed by atoms with van der Waals surface area (Å²) >= 11 is 0. The number of rotatable bonds is 5. The van der Waals surface area contributed by atoms with E-state index in [1.807, 2.05) is 30.3 Å². The third-order valence-electron chi connectivity index (χ3n) is 2.41. The minimum Gasteiger partial charge on any atom is -0.496 e. The van der Waals surface area contributed by atoms with E-state index in [1.54, 1.807) is 7.11 Å². The van der Waals surface area contributed by atoms with Crippen molar-refractivity contribution in [3.63, 3.8) is 0 Å². The summed E-state index contributed by atoms with van der Waals surface area (Å²) in [4.78, 5) is 0. The first-order valence-electron chi connectivity index (χ1n) is 5.66. The molecule has 4 heteroatoms. The fraction of sp³-hybridized carbons (Fsp3) is 0.308. The maximum atomic E-state index is 5.45. The van der Waals surface area contributed by atoms with Gasteiger partial charge in [0.2, 0.25) is 5.88 Å². The zero-order valence-corrected chi connectivity index (χ0v) is 10.1. The molecule has 0 fully saturated rings. The molecule has 4 nitrogen and oxygen atoms in total. The normalized spacial score (nSPS) is 10.2. The van der Waals surface area contributed by atoms with Gasteiger partial charge in [-0.25, -0.2) is 0 Å². The summed E-state index contributed by atoms with van der Waals surface area (Å²) < 4.78 is 10.7. The van der Waals surface area contributed by atoms with Gasteiger partial charge in [-0.15, -0.1) is 5.10 Å². The Morgan fingerprint density at radius 1 is 1.29 bits per heavy atom. The molecule has 0 unspecified atom stereocenters. The van der Waals surface area contributed by atoms with E-state index >= 15 is 0 Å². The molecule has 0 atom stereocenters. The van der Waals surface area contributed by atoms with Crippen molar-refractivity contribution in [2.75, 3.05) is 13.7 Å². The quantitative estimate of drug-likeness (QED) is 0.862. The highest BCUT2D eigenvalue weighted by atomic mass is 16.5. The van der Waals surface area contributed by atoms with Gasteiger partial charge in [-0.2, -0.15) is 0 Å². The molecule has 2 aromatic rings. The predicted molar refractivity (Wildman–Crippen MR) is 66.4 cm³/mol. The number of methoxy groups -OCH3 is 1. The third-order valence-corrected chi connectivity index (χ3v) is 2.41. The molecule has 0 radical (unpaired) electrons. The Hall–Kier alpha value is -1.97. The van der Waals surface area contributed by atoms with E-state index in [-0.39, 0.29) is 0 Å². The smallest absolute Gasteiger partial charge is 0.233 e. The summed E-state index contributed by atoms with van der Waals surface area (Å²) in [5, 5.41) is 7.05. The average Bonchev–Trinajstić information content (AvgIpc) is 2.85. The minimum atomic E-state index is 0.618. The second-order valence-corrected chi connectivity index (χ2v) is 3.67. The molecule has 0 saturated carbocycles. The van der Waals surface area contributed by atoms with Gasteiger partial charge in [-0.05, 0) is 18.6 Å². The number of ether oxygens (including phenoxy) is 2. The molecule has 0 amide bonds. The molecule has 2 rings (SSSR count). The summed E-state index contributed by atoms with van der Waals surface area (Å²) in [7, 11) is 1.66. The molecule has 17 heavy (non-hydrogen) atoms. The first-order chi connectivity index (χ1) is 8.35. The monoisotopic (exact) mass is 232 g/mol. The zero-order chi connectivity index (χ0) is 12.1. The fourth-order valence-electron chi connectivity index (χ4n) is 1.59. The van der Waals surface area contributed by atoms with Crippen LogP contribution in [0.5, 0.6) is 11.6 Å². The van der Waals surface area contributed by atoms with Gasteiger partial charge >= 0.3 is 0 Å². The van der Waals surface area contributed by atoms with Crippen molar-refractivity contribution < 1.29 is 9.47 Å². The van der Waals surface area contributed by atoms with Crippen molar-refractivity contribution in [3.05, 3.63) is 30.3 Å². The van der Waals surface area contributed by atoms with E-state index in [4.69, 9.17) is 9.47 Å². The topological polar surface area (TPSA) is 47.1 Å². The number of para-hydroxylation sites is 1. The summed E-state index contributed by atoms with van der Waals surface area (Å²) in [6, 6.07) is 9.69. The maximum absolute atomic E-state index is 5.45. The lowest BCUT2D eigenvalue weighted by molar-refractivity contribution is 0.305. The fourth-order valence-corrected chi connectivity index (χ4v) is 1.59. The SMILES string of the molecule is CCCOc1cc(-c2ccccc2OC)[nH]n1. The van der Waals surface area contributed by atoms with Crippen molar-refractivity contribution in [1.29, 1.82) is 0 Å². The number of nitrogens with zero attached hydrogens (tertiary/aromatic N) is 1. The largest absolute Gasteiger partial charge is 0.496 e. The van der Waals surface area contributed by atoms with Crippen LogP contribution in [0, 0.1) is 0 Å². The van der Waals surface area contributed by atoms with Crippen molar-refractivity contribution >= 4 is 0 Å². The lowest BCUT2D eigenvalue weighted by Crippen LogP contribution is -1.94. The van der Waals surface area contributed by atoms with E-state index < -0.39 is 0 Å². The Morgan fingerprint density at radius 2 is 2.12 bits per heavy atom. The number of benzene rings is 1. The van der Waals surface area contributed by atoms with E-state index in [1.165, 1.54) is 0 Å². The molecule has 1 heterocycles. The molecule has 0 aliphatic rings. The van der Waals surface area contributed by atoms with Crippen LogP contribution < -0.4 is 9.47 Å². The maximum Gasteiger partial charge on any atom is 0.233 e. The van der Waals surface area contributed by atoms with Crippen LogP contribution in [0.25, 0.3) is 11.3 Å². The van der Waals surface area contributed by atoms with E-state index in [9.17, 15) is 0 Å². The molecule has 0 aliphatic carbocycles. The highest BCUT2D eigenvalue weighted by molar-refractivity contribution is 5.67. The van der Waals surface area contributed by atoms with E-state index in [2.05, 4.69) is 17.1 Å². The number of hydrogen-bond acceptors (Lipinski definition) is 3. The number of nitrogens with one attached hydrogen (secondary N) is 1. The third kappa shape index (κ3) is 2.58. The second kappa shape index (κ2) is 5.39. The summed E-state index contributed by atoms with van der Waals surface area (Å²) in [6.07, 6.45) is 0.969. The molecule has 0 aliphatic heterocycles. The first-order valence-corrected chi connectivity index (χ1v) is 5.66. The number of H-pyrrole nitrogens is 1. The van der Waals surface area contributed by atoms with Gasteiger partial charge in [0.1, 0.15) is 5.75 Å². The first kappa shape index (κ1) is 11.5. The lowest BCUT2D eigenvalue weighted by Gasteiger charge is -2.04. The van der Waals surface area contributed by atoms with Crippen molar-refractivity contribution in [2.24, 2.45) is 0 Å². The van der Waals surface area contributed by atoms with Crippen LogP contribution >= 0.6 is 0 Å². The molecule has 0 saturated heterocycles. The van der Waals surface area contributed by atoms with Gasteiger partial charge in [-0.1, -0.05) is 19.1 Å². The standard InChI is InChI=1S/C13H16N2O2/c1-3-8-17-13-9-11(14-15-13)10-6-4-5-7-12(10)16-2/h4-7,9H,3,8H2,1-2H3,(H,14,15). The number of hydrogen-bond donors (Lipinski definition) is 1. The molecular weight excluding hydrogens is 216 g/mol. The molecule has 1 N–H and O–H groups in total. The van der Waals surface area contributed by atoms with Crippen LogP contribution in [-0.4, -0.2) is 23.9 Å². The van der Waals surface area contributed by atoms with Crippen LogP contribution in [0.3, 0.4) is 0 Å².